The highest BCUT2D eigenvalue weighted by Gasteiger charge is 2.31. The Kier molecular flexibility index (Phi) is 7.70. The Hall–Kier alpha value is -2.84. The van der Waals surface area contributed by atoms with Crippen molar-refractivity contribution < 1.29 is 23.8 Å². The van der Waals surface area contributed by atoms with E-state index in [0.29, 0.717) is 19.3 Å². The van der Waals surface area contributed by atoms with E-state index in [1.807, 2.05) is 24.3 Å². The lowest BCUT2D eigenvalue weighted by molar-refractivity contribution is -0.163. The van der Waals surface area contributed by atoms with Crippen molar-refractivity contribution in [1.29, 1.82) is 0 Å². The molecule has 1 aromatic rings. The molecule has 0 saturated carbocycles. The predicted octanol–water partition coefficient (Wildman–Crippen LogP) is 4.24. The number of hydrogen-bond donors (Lipinski definition) is 0. The van der Waals surface area contributed by atoms with E-state index in [9.17, 15) is 9.59 Å². The molecule has 0 amide bonds. The van der Waals surface area contributed by atoms with E-state index in [1.165, 1.54) is 5.56 Å². The van der Waals surface area contributed by atoms with Gasteiger partial charge in [0.25, 0.3) is 0 Å². The number of hydrogen-bond acceptors (Lipinski definition) is 5. The summed E-state index contributed by atoms with van der Waals surface area (Å²) >= 11 is 0. The third-order valence-electron chi connectivity index (χ3n) is 5.15. The Balaban J connectivity index is 1.70. The van der Waals surface area contributed by atoms with Gasteiger partial charge in [-0.05, 0) is 48.1 Å². The summed E-state index contributed by atoms with van der Waals surface area (Å²) < 4.78 is 16.9. The Labute approximate surface area is 184 Å². The Morgan fingerprint density at radius 2 is 1.61 bits per heavy atom. The molecule has 0 N–H and O–H groups in total. The van der Waals surface area contributed by atoms with Crippen LogP contribution in [0.15, 0.2) is 48.6 Å². The van der Waals surface area contributed by atoms with Crippen molar-refractivity contribution in [2.24, 2.45) is 0 Å². The first-order chi connectivity index (χ1) is 14.8. The number of fused-ring (bicyclic) bond motifs is 1. The SMILES string of the molecule is CC(C)(C)c1ccc(C#C[C@@H]2C=C[C@H]3OC(=O)CC/C=C/CCC(=O)OC[C@H]3O2)cc1. The lowest BCUT2D eigenvalue weighted by Crippen LogP contribution is -2.41. The van der Waals surface area contributed by atoms with Crippen molar-refractivity contribution in [2.75, 3.05) is 6.61 Å². The van der Waals surface area contributed by atoms with Gasteiger partial charge in [0.15, 0.2) is 0 Å². The second-order valence-electron chi connectivity index (χ2n) is 8.76. The van der Waals surface area contributed by atoms with E-state index < -0.39 is 18.3 Å². The molecule has 5 heteroatoms. The number of esters is 2. The van der Waals surface area contributed by atoms with Gasteiger partial charge in [-0.1, -0.05) is 56.9 Å². The summed E-state index contributed by atoms with van der Waals surface area (Å²) in [6, 6.07) is 8.17. The normalized spacial score (nSPS) is 26.0. The monoisotopic (exact) mass is 422 g/mol. The zero-order chi connectivity index (χ0) is 22.3. The average Bonchev–Trinajstić information content (AvgIpc) is 2.74. The van der Waals surface area contributed by atoms with Crippen molar-refractivity contribution in [3.05, 3.63) is 59.7 Å². The molecular formula is C26H30O5. The fourth-order valence-electron chi connectivity index (χ4n) is 3.28. The van der Waals surface area contributed by atoms with Crippen LogP contribution in [0.2, 0.25) is 0 Å². The van der Waals surface area contributed by atoms with Crippen molar-refractivity contribution >= 4 is 11.9 Å². The van der Waals surface area contributed by atoms with Crippen LogP contribution < -0.4 is 0 Å². The van der Waals surface area contributed by atoms with Gasteiger partial charge in [0.2, 0.25) is 0 Å². The van der Waals surface area contributed by atoms with Crippen LogP contribution in [0.5, 0.6) is 0 Å². The van der Waals surface area contributed by atoms with E-state index in [4.69, 9.17) is 14.2 Å². The molecule has 0 fully saturated rings. The summed E-state index contributed by atoms with van der Waals surface area (Å²) in [4.78, 5) is 24.1. The number of cyclic esters (lactones) is 1. The molecule has 0 aliphatic carbocycles. The van der Waals surface area contributed by atoms with Gasteiger partial charge in [0.05, 0.1) is 0 Å². The summed E-state index contributed by atoms with van der Waals surface area (Å²) in [5.41, 5.74) is 2.23. The molecule has 2 aliphatic rings. The van der Waals surface area contributed by atoms with Crippen LogP contribution in [0.1, 0.15) is 57.6 Å². The standard InChI is InChI=1S/C26H30O5/c1-26(2,3)20-13-10-19(11-14-20)12-15-21-16-17-22-23(30-21)18-29-24(27)8-6-4-5-7-9-25(28)31-22/h4-5,10-11,13-14,16-17,21-23H,6-9,18H2,1-3H3/b5-4+/t21-,22-,23-/m1/s1. The molecule has 0 radical (unpaired) electrons. The smallest absolute Gasteiger partial charge is 0.306 e. The molecule has 0 spiro atoms. The zero-order valence-electron chi connectivity index (χ0n) is 18.4. The Bertz CT molecular complexity index is 892. The maximum Gasteiger partial charge on any atom is 0.306 e. The van der Waals surface area contributed by atoms with E-state index in [1.54, 1.807) is 12.2 Å². The molecule has 0 bridgehead atoms. The van der Waals surface area contributed by atoms with Crippen LogP contribution in [-0.2, 0) is 29.2 Å². The van der Waals surface area contributed by atoms with Gasteiger partial charge in [-0.15, -0.1) is 0 Å². The van der Waals surface area contributed by atoms with Crippen molar-refractivity contribution in [1.82, 2.24) is 0 Å². The second-order valence-corrected chi connectivity index (χ2v) is 8.76. The topological polar surface area (TPSA) is 61.8 Å². The maximum absolute atomic E-state index is 12.1. The van der Waals surface area contributed by atoms with E-state index in [-0.39, 0.29) is 30.4 Å². The minimum atomic E-state index is -0.603. The quantitative estimate of drug-likeness (QED) is 0.355. The molecule has 0 saturated heterocycles. The highest BCUT2D eigenvalue weighted by molar-refractivity contribution is 5.70. The predicted molar refractivity (Wildman–Crippen MR) is 118 cm³/mol. The van der Waals surface area contributed by atoms with Gasteiger partial charge in [-0.25, -0.2) is 0 Å². The first kappa shape index (κ1) is 22.8. The fourth-order valence-corrected chi connectivity index (χ4v) is 3.28. The van der Waals surface area contributed by atoms with E-state index in [0.717, 1.165) is 5.56 Å². The molecular weight excluding hydrogens is 392 g/mol. The highest BCUT2D eigenvalue weighted by Crippen LogP contribution is 2.22. The molecule has 1 aromatic carbocycles. The van der Waals surface area contributed by atoms with Crippen LogP contribution in [-0.4, -0.2) is 36.9 Å². The van der Waals surface area contributed by atoms with Crippen LogP contribution >= 0.6 is 0 Å². The number of rotatable bonds is 0. The fraction of sp³-hybridized carbons (Fsp3) is 0.462. The van der Waals surface area contributed by atoms with Gasteiger partial charge >= 0.3 is 11.9 Å². The van der Waals surface area contributed by atoms with Gasteiger partial charge in [0, 0.05) is 18.4 Å². The third-order valence-corrected chi connectivity index (χ3v) is 5.15. The summed E-state index contributed by atoms with van der Waals surface area (Å²) in [6.45, 7) is 6.53. The largest absolute Gasteiger partial charge is 0.463 e. The third kappa shape index (κ3) is 7.11. The van der Waals surface area contributed by atoms with Crippen LogP contribution in [0, 0.1) is 11.8 Å². The first-order valence-electron chi connectivity index (χ1n) is 10.8. The van der Waals surface area contributed by atoms with Gasteiger partial charge in [-0.2, -0.15) is 0 Å². The summed E-state index contributed by atoms with van der Waals surface area (Å²) in [5, 5.41) is 0. The van der Waals surface area contributed by atoms with Crippen molar-refractivity contribution in [3.8, 4) is 11.8 Å². The first-order valence-corrected chi connectivity index (χ1v) is 10.8. The second kappa shape index (κ2) is 10.5. The Morgan fingerprint density at radius 3 is 2.29 bits per heavy atom. The number of carbonyl (C=O) groups excluding carboxylic acids is 2. The lowest BCUT2D eigenvalue weighted by atomic mass is 9.87. The average molecular weight is 423 g/mol. The summed E-state index contributed by atoms with van der Waals surface area (Å²) in [5.74, 6) is 5.63. The molecule has 3 atom stereocenters. The van der Waals surface area contributed by atoms with Gasteiger partial charge in [0.1, 0.15) is 24.9 Å². The number of carbonyl (C=O) groups is 2. The van der Waals surface area contributed by atoms with Crippen LogP contribution in [0.25, 0.3) is 0 Å². The Morgan fingerprint density at radius 1 is 0.935 bits per heavy atom. The molecule has 2 aliphatic heterocycles. The van der Waals surface area contributed by atoms with E-state index >= 15 is 0 Å². The maximum atomic E-state index is 12.1. The van der Waals surface area contributed by atoms with Crippen LogP contribution in [0.3, 0.4) is 0 Å². The number of allylic oxidation sites excluding steroid dienone is 2. The molecule has 3 rings (SSSR count). The van der Waals surface area contributed by atoms with E-state index in [2.05, 4.69) is 44.7 Å². The summed E-state index contributed by atoms with van der Waals surface area (Å²) in [6.07, 6.45) is 7.42. The minimum absolute atomic E-state index is 0.0172. The zero-order valence-corrected chi connectivity index (χ0v) is 18.4. The van der Waals surface area contributed by atoms with Gasteiger partial charge < -0.3 is 14.2 Å². The molecule has 0 unspecified atom stereocenters. The molecule has 2 heterocycles. The van der Waals surface area contributed by atoms with Crippen molar-refractivity contribution in [3.63, 3.8) is 0 Å². The lowest BCUT2D eigenvalue weighted by Gasteiger charge is -2.29. The molecule has 31 heavy (non-hydrogen) atoms. The number of ether oxygens (including phenoxy) is 3. The molecule has 5 nitrogen and oxygen atoms in total. The summed E-state index contributed by atoms with van der Waals surface area (Å²) in [7, 11) is 0. The van der Waals surface area contributed by atoms with Crippen molar-refractivity contribution in [2.45, 2.75) is 70.2 Å². The number of benzene rings is 1. The van der Waals surface area contributed by atoms with Gasteiger partial charge in [-0.3, -0.25) is 9.59 Å². The molecule has 164 valence electrons. The minimum Gasteiger partial charge on any atom is -0.463 e. The van der Waals surface area contributed by atoms with Crippen LogP contribution in [0.4, 0.5) is 0 Å². The highest BCUT2D eigenvalue weighted by atomic mass is 16.6. The molecule has 0 aromatic heterocycles.